The maximum absolute atomic E-state index is 11.7. The lowest BCUT2D eigenvalue weighted by atomic mass is 9.87. The van der Waals surface area contributed by atoms with Crippen molar-refractivity contribution < 1.29 is 23.4 Å². The van der Waals surface area contributed by atoms with Gasteiger partial charge in [0.05, 0.1) is 12.7 Å². The van der Waals surface area contributed by atoms with Crippen molar-refractivity contribution in [2.45, 2.75) is 71.5 Å². The normalized spacial score (nSPS) is 19.0. The van der Waals surface area contributed by atoms with Gasteiger partial charge in [0.2, 0.25) is 0 Å². The molecule has 1 aromatic heterocycles. The average molecular weight is 477 g/mol. The molecule has 0 bridgehead atoms. The van der Waals surface area contributed by atoms with Crippen LogP contribution in [0.2, 0.25) is 0 Å². The molecule has 0 N–H and O–H groups in total. The summed E-state index contributed by atoms with van der Waals surface area (Å²) >= 11 is 0. The van der Waals surface area contributed by atoms with Gasteiger partial charge in [-0.2, -0.15) is 0 Å². The molecule has 3 aromatic rings. The summed E-state index contributed by atoms with van der Waals surface area (Å²) < 4.78 is 23.9. The van der Waals surface area contributed by atoms with Gasteiger partial charge in [-0.25, -0.2) is 4.79 Å². The molecule has 1 saturated carbocycles. The number of benzene rings is 2. The number of carbonyl (C=O) groups is 1. The third-order valence-corrected chi connectivity index (χ3v) is 7.15. The van der Waals surface area contributed by atoms with Crippen molar-refractivity contribution in [2.75, 3.05) is 7.11 Å². The summed E-state index contributed by atoms with van der Waals surface area (Å²) in [5, 5.41) is 1.00. The van der Waals surface area contributed by atoms with Crippen molar-refractivity contribution in [3.8, 4) is 22.8 Å². The Balaban J connectivity index is 1.52. The van der Waals surface area contributed by atoms with Crippen LogP contribution in [0.25, 0.3) is 22.3 Å². The number of aryl methyl sites for hydroxylation is 1. The number of carbonyl (C=O) groups excluding carboxylic acids is 1. The maximum Gasteiger partial charge on any atom is 0.330 e. The van der Waals surface area contributed by atoms with Gasteiger partial charge in [0.15, 0.2) is 0 Å². The van der Waals surface area contributed by atoms with E-state index in [1.807, 2.05) is 24.3 Å². The molecule has 4 rings (SSSR count). The molecule has 1 fully saturated rings. The summed E-state index contributed by atoms with van der Waals surface area (Å²) in [6.45, 7) is 9.87. The van der Waals surface area contributed by atoms with Crippen LogP contribution in [-0.2, 0) is 16.0 Å². The van der Waals surface area contributed by atoms with E-state index in [9.17, 15) is 4.79 Å². The number of fused-ring (bicyclic) bond motifs is 1. The second-order valence-corrected chi connectivity index (χ2v) is 9.94. The molecular weight excluding hydrogens is 440 g/mol. The first-order valence-electron chi connectivity index (χ1n) is 12.6. The highest BCUT2D eigenvalue weighted by atomic mass is 16.5. The number of rotatable bonds is 10. The van der Waals surface area contributed by atoms with Crippen molar-refractivity contribution in [3.05, 3.63) is 60.7 Å². The molecule has 5 heteroatoms. The highest BCUT2D eigenvalue weighted by Crippen LogP contribution is 2.43. The average Bonchev–Trinajstić information content (AvgIpc) is 3.39. The molecule has 2 unspecified atom stereocenters. The zero-order chi connectivity index (χ0) is 25.0. The minimum absolute atomic E-state index is 0.0719. The van der Waals surface area contributed by atoms with Crippen LogP contribution in [0.5, 0.6) is 11.5 Å². The van der Waals surface area contributed by atoms with E-state index in [1.54, 1.807) is 7.11 Å². The molecule has 0 amide bonds. The molecule has 2 atom stereocenters. The number of esters is 1. The Kier molecular flexibility index (Phi) is 7.54. The Hall–Kier alpha value is -3.21. The van der Waals surface area contributed by atoms with Gasteiger partial charge in [-0.3, -0.25) is 0 Å². The second kappa shape index (κ2) is 10.6. The summed E-state index contributed by atoms with van der Waals surface area (Å²) in [7, 11) is 1.70. The molecule has 0 radical (unpaired) electrons. The van der Waals surface area contributed by atoms with Crippen molar-refractivity contribution in [2.24, 2.45) is 5.41 Å². The molecule has 0 spiro atoms. The summed E-state index contributed by atoms with van der Waals surface area (Å²) in [5.41, 5.74) is 2.67. The first-order chi connectivity index (χ1) is 16.8. The quantitative estimate of drug-likeness (QED) is 0.172. The number of methoxy groups -OCH3 is 1. The summed E-state index contributed by atoms with van der Waals surface area (Å²) in [6.07, 6.45) is 7.19. The van der Waals surface area contributed by atoms with Gasteiger partial charge in [0, 0.05) is 22.9 Å². The fourth-order valence-corrected chi connectivity index (χ4v) is 4.92. The molecule has 186 valence electrons. The molecule has 35 heavy (non-hydrogen) atoms. The first-order valence-corrected chi connectivity index (χ1v) is 12.6. The molecule has 2 aromatic carbocycles. The number of ether oxygens (including phenoxy) is 3. The van der Waals surface area contributed by atoms with Gasteiger partial charge in [0.25, 0.3) is 0 Å². The lowest BCUT2D eigenvalue weighted by molar-refractivity contribution is -0.148. The molecule has 1 aliphatic carbocycles. The van der Waals surface area contributed by atoms with E-state index in [-0.39, 0.29) is 17.6 Å². The molecule has 0 saturated heterocycles. The fourth-order valence-electron chi connectivity index (χ4n) is 4.92. The predicted molar refractivity (Wildman–Crippen MR) is 139 cm³/mol. The van der Waals surface area contributed by atoms with Crippen LogP contribution in [0, 0.1) is 5.41 Å². The summed E-state index contributed by atoms with van der Waals surface area (Å²) in [4.78, 5) is 11.7. The third kappa shape index (κ3) is 5.39. The van der Waals surface area contributed by atoms with Crippen molar-refractivity contribution in [1.29, 1.82) is 0 Å². The van der Waals surface area contributed by atoms with Gasteiger partial charge < -0.3 is 18.6 Å². The molecule has 1 heterocycles. The Labute approximate surface area is 208 Å². The topological polar surface area (TPSA) is 57.9 Å². The number of unbranched alkanes of at least 4 members (excludes halogenated alkanes) is 2. The van der Waals surface area contributed by atoms with Crippen molar-refractivity contribution in [3.63, 3.8) is 0 Å². The van der Waals surface area contributed by atoms with Crippen LogP contribution < -0.4 is 9.47 Å². The summed E-state index contributed by atoms with van der Waals surface area (Å²) in [6, 6.07) is 14.3. The number of hydrogen-bond donors (Lipinski definition) is 0. The number of hydrogen-bond acceptors (Lipinski definition) is 5. The van der Waals surface area contributed by atoms with E-state index in [2.05, 4.69) is 45.5 Å². The molecule has 5 nitrogen and oxygen atoms in total. The van der Waals surface area contributed by atoms with Gasteiger partial charge in [-0.05, 0) is 61.6 Å². The molecular formula is C30H36O5. The third-order valence-electron chi connectivity index (χ3n) is 7.15. The Morgan fingerprint density at radius 2 is 1.91 bits per heavy atom. The van der Waals surface area contributed by atoms with Gasteiger partial charge >= 0.3 is 5.97 Å². The van der Waals surface area contributed by atoms with Crippen LogP contribution in [0.4, 0.5) is 0 Å². The zero-order valence-electron chi connectivity index (χ0n) is 21.3. The highest BCUT2D eigenvalue weighted by molar-refractivity contribution is 5.85. The van der Waals surface area contributed by atoms with E-state index in [4.69, 9.17) is 18.6 Å². The standard InChI is InChI=1S/C30H36O5/c1-6-8-9-10-20-11-14-23(25(17-20)32-5)26-18-21-12-13-22(19-24(21)34-26)33-27-15-16-28(30(27,3)4)35-29(31)7-2/h7,11-14,17-19,27-28H,2,6,8-10,15-16H2,1,3-5H3. The molecule has 1 aliphatic rings. The second-order valence-electron chi connectivity index (χ2n) is 9.94. The van der Waals surface area contributed by atoms with Gasteiger partial charge in [-0.1, -0.05) is 46.3 Å². The van der Waals surface area contributed by atoms with E-state index in [0.29, 0.717) is 0 Å². The van der Waals surface area contributed by atoms with Crippen molar-refractivity contribution >= 4 is 16.9 Å². The highest BCUT2D eigenvalue weighted by Gasteiger charge is 2.47. The van der Waals surface area contributed by atoms with Crippen LogP contribution in [-0.4, -0.2) is 25.3 Å². The largest absolute Gasteiger partial charge is 0.496 e. The van der Waals surface area contributed by atoms with Crippen molar-refractivity contribution in [1.82, 2.24) is 0 Å². The Bertz CT molecular complexity index is 1190. The van der Waals surface area contributed by atoms with E-state index < -0.39 is 5.97 Å². The van der Waals surface area contributed by atoms with Crippen LogP contribution in [0.1, 0.15) is 58.4 Å². The minimum atomic E-state index is -0.391. The van der Waals surface area contributed by atoms with Gasteiger partial charge in [0.1, 0.15) is 35.1 Å². The first kappa shape index (κ1) is 24.9. The van der Waals surface area contributed by atoms with Gasteiger partial charge in [-0.15, -0.1) is 0 Å². The fraction of sp³-hybridized carbons (Fsp3) is 0.433. The molecule has 0 aliphatic heterocycles. The smallest absolute Gasteiger partial charge is 0.330 e. The van der Waals surface area contributed by atoms with E-state index in [1.165, 1.54) is 30.9 Å². The van der Waals surface area contributed by atoms with E-state index >= 15 is 0 Å². The lowest BCUT2D eigenvalue weighted by Crippen LogP contribution is -2.38. The zero-order valence-corrected chi connectivity index (χ0v) is 21.3. The summed E-state index contributed by atoms with van der Waals surface area (Å²) in [5.74, 6) is 1.94. The predicted octanol–water partition coefficient (Wildman–Crippen LogP) is 7.51. The maximum atomic E-state index is 11.7. The SMILES string of the molecule is C=CC(=O)OC1CCC(Oc2ccc3cc(-c4ccc(CCCCC)cc4OC)oc3c2)C1(C)C. The number of furan rings is 1. The lowest BCUT2D eigenvalue weighted by Gasteiger charge is -2.32. The monoisotopic (exact) mass is 476 g/mol. The van der Waals surface area contributed by atoms with Crippen LogP contribution >= 0.6 is 0 Å². The minimum Gasteiger partial charge on any atom is -0.496 e. The Morgan fingerprint density at radius 3 is 2.66 bits per heavy atom. The van der Waals surface area contributed by atoms with Crippen LogP contribution in [0.15, 0.2) is 59.5 Å². The van der Waals surface area contributed by atoms with Crippen LogP contribution in [0.3, 0.4) is 0 Å². The Morgan fingerprint density at radius 1 is 1.11 bits per heavy atom. The van der Waals surface area contributed by atoms with E-state index in [0.717, 1.165) is 53.1 Å².